The number of piperidine rings is 1. The first kappa shape index (κ1) is 14.1. The molecule has 19 heavy (non-hydrogen) atoms. The number of carbonyl (C=O) groups excluding carboxylic acids is 1. The van der Waals surface area contributed by atoms with Crippen molar-refractivity contribution in [2.24, 2.45) is 5.92 Å². The van der Waals surface area contributed by atoms with Crippen molar-refractivity contribution in [2.75, 3.05) is 13.1 Å². The van der Waals surface area contributed by atoms with Crippen molar-refractivity contribution >= 4 is 5.97 Å². The van der Waals surface area contributed by atoms with Crippen molar-refractivity contribution in [2.45, 2.75) is 39.3 Å². The van der Waals surface area contributed by atoms with Crippen LogP contribution in [-0.4, -0.2) is 30.0 Å². The molecule has 1 heterocycles. The maximum absolute atomic E-state index is 12.0. The Balaban J connectivity index is 1.76. The third-order valence-corrected chi connectivity index (χ3v) is 3.82. The molecule has 1 aliphatic rings. The zero-order valence-corrected chi connectivity index (χ0v) is 11.8. The number of carbonyl (C=O) groups is 1. The summed E-state index contributed by atoms with van der Waals surface area (Å²) in [6.45, 7) is 6.80. The molecule has 1 aromatic carbocycles. The van der Waals surface area contributed by atoms with Crippen molar-refractivity contribution in [1.82, 2.24) is 4.90 Å². The van der Waals surface area contributed by atoms with Crippen LogP contribution in [0.5, 0.6) is 0 Å². The van der Waals surface area contributed by atoms with Gasteiger partial charge < -0.3 is 9.64 Å². The van der Waals surface area contributed by atoms with E-state index in [0.29, 0.717) is 12.6 Å². The van der Waals surface area contributed by atoms with Crippen LogP contribution in [0.2, 0.25) is 0 Å². The molecule has 3 nitrogen and oxygen atoms in total. The lowest BCUT2D eigenvalue weighted by atomic mass is 9.96. The van der Waals surface area contributed by atoms with E-state index in [0.717, 1.165) is 31.5 Å². The topological polar surface area (TPSA) is 29.5 Å². The maximum Gasteiger partial charge on any atom is 0.309 e. The van der Waals surface area contributed by atoms with E-state index in [-0.39, 0.29) is 11.9 Å². The van der Waals surface area contributed by atoms with Gasteiger partial charge in [-0.2, -0.15) is 0 Å². The molecular weight excluding hydrogens is 238 g/mol. The van der Waals surface area contributed by atoms with Crippen LogP contribution in [-0.2, 0) is 16.1 Å². The monoisotopic (exact) mass is 261 g/mol. The highest BCUT2D eigenvalue weighted by Crippen LogP contribution is 2.20. The van der Waals surface area contributed by atoms with E-state index in [4.69, 9.17) is 4.74 Å². The third-order valence-electron chi connectivity index (χ3n) is 3.82. The minimum atomic E-state index is -0.0349. The number of likely N-dealkylation sites (tertiary alicyclic amines) is 1. The van der Waals surface area contributed by atoms with Crippen LogP contribution in [0.1, 0.15) is 32.3 Å². The van der Waals surface area contributed by atoms with Crippen LogP contribution in [0, 0.1) is 5.92 Å². The van der Waals surface area contributed by atoms with Crippen LogP contribution < -0.4 is 0 Å². The van der Waals surface area contributed by atoms with Gasteiger partial charge in [0.05, 0.1) is 5.92 Å². The van der Waals surface area contributed by atoms with Crippen LogP contribution in [0.4, 0.5) is 0 Å². The standard InChI is InChI=1S/C16H23NO2/c1-13(2)17-10-8-15(9-11-17)16(18)19-12-14-6-4-3-5-7-14/h3-7,13,15H,8-12H2,1-2H3. The molecule has 1 fully saturated rings. The van der Waals surface area contributed by atoms with E-state index in [2.05, 4.69) is 18.7 Å². The van der Waals surface area contributed by atoms with Gasteiger partial charge in [-0.25, -0.2) is 0 Å². The third kappa shape index (κ3) is 4.06. The Hall–Kier alpha value is -1.35. The van der Waals surface area contributed by atoms with E-state index in [1.54, 1.807) is 0 Å². The quantitative estimate of drug-likeness (QED) is 0.781. The lowest BCUT2D eigenvalue weighted by Gasteiger charge is -2.33. The SMILES string of the molecule is CC(C)N1CCC(C(=O)OCc2ccccc2)CC1. The second-order valence-electron chi connectivity index (χ2n) is 5.50. The van der Waals surface area contributed by atoms with Gasteiger partial charge in [0, 0.05) is 6.04 Å². The molecule has 0 spiro atoms. The smallest absolute Gasteiger partial charge is 0.309 e. The molecule has 0 aromatic heterocycles. The fourth-order valence-corrected chi connectivity index (χ4v) is 2.50. The van der Waals surface area contributed by atoms with E-state index in [9.17, 15) is 4.79 Å². The first-order valence-corrected chi connectivity index (χ1v) is 7.11. The summed E-state index contributed by atoms with van der Waals surface area (Å²) >= 11 is 0. The summed E-state index contributed by atoms with van der Waals surface area (Å²) < 4.78 is 5.41. The second-order valence-corrected chi connectivity index (χ2v) is 5.50. The van der Waals surface area contributed by atoms with Gasteiger partial charge in [-0.05, 0) is 45.3 Å². The Labute approximate surface area is 115 Å². The zero-order chi connectivity index (χ0) is 13.7. The lowest BCUT2D eigenvalue weighted by molar-refractivity contribution is -0.151. The fraction of sp³-hybridized carbons (Fsp3) is 0.562. The van der Waals surface area contributed by atoms with Crippen molar-refractivity contribution < 1.29 is 9.53 Å². The Bertz CT molecular complexity index is 394. The molecule has 0 N–H and O–H groups in total. The highest BCUT2D eigenvalue weighted by molar-refractivity contribution is 5.72. The molecule has 2 rings (SSSR count). The second kappa shape index (κ2) is 6.71. The van der Waals surface area contributed by atoms with Crippen LogP contribution in [0.3, 0.4) is 0 Å². The largest absolute Gasteiger partial charge is 0.461 e. The Morgan fingerprint density at radius 1 is 1.26 bits per heavy atom. The van der Waals surface area contributed by atoms with Gasteiger partial charge in [0.15, 0.2) is 0 Å². The summed E-state index contributed by atoms with van der Waals surface area (Å²) in [5.74, 6) is 0.0472. The first-order chi connectivity index (χ1) is 9.16. The molecule has 0 amide bonds. The molecule has 0 unspecified atom stereocenters. The minimum absolute atomic E-state index is 0.0349. The van der Waals surface area contributed by atoms with Gasteiger partial charge in [0.2, 0.25) is 0 Å². The number of esters is 1. The summed E-state index contributed by atoms with van der Waals surface area (Å²) in [4.78, 5) is 14.4. The highest BCUT2D eigenvalue weighted by Gasteiger charge is 2.26. The van der Waals surface area contributed by atoms with Crippen LogP contribution >= 0.6 is 0 Å². The van der Waals surface area contributed by atoms with E-state index in [1.165, 1.54) is 0 Å². The normalized spacial score (nSPS) is 17.6. The number of rotatable bonds is 4. The Kier molecular flexibility index (Phi) is 4.97. The molecule has 1 aliphatic heterocycles. The highest BCUT2D eigenvalue weighted by atomic mass is 16.5. The maximum atomic E-state index is 12.0. The number of benzene rings is 1. The molecule has 3 heteroatoms. The van der Waals surface area contributed by atoms with E-state index in [1.807, 2.05) is 30.3 Å². The predicted octanol–water partition coefficient (Wildman–Crippen LogP) is 2.85. The van der Waals surface area contributed by atoms with Crippen LogP contribution in [0.25, 0.3) is 0 Å². The van der Waals surface area contributed by atoms with E-state index < -0.39 is 0 Å². The van der Waals surface area contributed by atoms with Crippen molar-refractivity contribution in [3.05, 3.63) is 35.9 Å². The molecule has 0 radical (unpaired) electrons. The number of nitrogens with zero attached hydrogens (tertiary/aromatic N) is 1. The lowest BCUT2D eigenvalue weighted by Crippen LogP contribution is -2.40. The van der Waals surface area contributed by atoms with Crippen LogP contribution in [0.15, 0.2) is 30.3 Å². The van der Waals surface area contributed by atoms with Gasteiger partial charge in [-0.1, -0.05) is 30.3 Å². The molecule has 104 valence electrons. The van der Waals surface area contributed by atoms with Gasteiger partial charge in [-0.3, -0.25) is 4.79 Å². The Morgan fingerprint density at radius 3 is 2.47 bits per heavy atom. The molecule has 0 saturated carbocycles. The summed E-state index contributed by atoms with van der Waals surface area (Å²) in [5, 5.41) is 0. The van der Waals surface area contributed by atoms with Crippen molar-refractivity contribution in [3.63, 3.8) is 0 Å². The number of hydrogen-bond donors (Lipinski definition) is 0. The van der Waals surface area contributed by atoms with Crippen molar-refractivity contribution in [3.8, 4) is 0 Å². The molecule has 0 atom stereocenters. The number of hydrogen-bond acceptors (Lipinski definition) is 3. The fourth-order valence-electron chi connectivity index (χ4n) is 2.50. The zero-order valence-electron chi connectivity index (χ0n) is 11.8. The summed E-state index contributed by atoms with van der Waals surface area (Å²) in [6.07, 6.45) is 1.84. The average molecular weight is 261 g/mol. The molecule has 1 saturated heterocycles. The molecular formula is C16H23NO2. The molecule has 1 aromatic rings. The summed E-state index contributed by atoms with van der Waals surface area (Å²) in [5.41, 5.74) is 1.05. The summed E-state index contributed by atoms with van der Waals surface area (Å²) in [7, 11) is 0. The molecule has 0 bridgehead atoms. The van der Waals surface area contributed by atoms with Gasteiger partial charge in [0.25, 0.3) is 0 Å². The van der Waals surface area contributed by atoms with E-state index >= 15 is 0 Å². The van der Waals surface area contributed by atoms with Crippen molar-refractivity contribution in [1.29, 1.82) is 0 Å². The average Bonchev–Trinajstić information content (AvgIpc) is 2.46. The Morgan fingerprint density at radius 2 is 1.89 bits per heavy atom. The predicted molar refractivity (Wildman–Crippen MR) is 75.7 cm³/mol. The summed E-state index contributed by atoms with van der Waals surface area (Å²) in [6, 6.07) is 10.4. The van der Waals surface area contributed by atoms with Gasteiger partial charge >= 0.3 is 5.97 Å². The number of ether oxygens (including phenoxy) is 1. The van der Waals surface area contributed by atoms with Gasteiger partial charge in [0.1, 0.15) is 6.61 Å². The van der Waals surface area contributed by atoms with Gasteiger partial charge in [-0.15, -0.1) is 0 Å². The minimum Gasteiger partial charge on any atom is -0.461 e. The first-order valence-electron chi connectivity index (χ1n) is 7.11. The molecule has 0 aliphatic carbocycles.